The van der Waals surface area contributed by atoms with Gasteiger partial charge in [0, 0.05) is 45.9 Å². The first-order chi connectivity index (χ1) is 14.5. The summed E-state index contributed by atoms with van der Waals surface area (Å²) in [4.78, 5) is 33.0. The molecule has 3 rings (SSSR count). The molecule has 0 aromatic carbocycles. The molecule has 0 aliphatic carbocycles. The van der Waals surface area contributed by atoms with Crippen molar-refractivity contribution in [2.75, 3.05) is 45.8 Å². The number of halogens is 3. The zero-order valence-corrected chi connectivity index (χ0v) is 17.5. The third-order valence-corrected chi connectivity index (χ3v) is 4.95. The molecule has 2 amide bonds. The number of amides is 2. The molecule has 2 N–H and O–H groups in total. The van der Waals surface area contributed by atoms with Crippen LogP contribution in [0.15, 0.2) is 12.4 Å². The Morgan fingerprint density at radius 3 is 2.65 bits per heavy atom. The van der Waals surface area contributed by atoms with E-state index in [0.29, 0.717) is 12.5 Å². The molecule has 0 unspecified atom stereocenters. The van der Waals surface area contributed by atoms with Gasteiger partial charge in [-0.25, -0.2) is 19.6 Å². The summed E-state index contributed by atoms with van der Waals surface area (Å²) >= 11 is 0. The minimum atomic E-state index is -5.08. The smallest absolute Gasteiger partial charge is 0.481 e. The van der Waals surface area contributed by atoms with Crippen molar-refractivity contribution in [1.82, 2.24) is 20.2 Å². The molecular formula is C18H26F3N5O5. The van der Waals surface area contributed by atoms with Crippen molar-refractivity contribution in [3.05, 3.63) is 12.4 Å². The van der Waals surface area contributed by atoms with Gasteiger partial charge < -0.3 is 29.7 Å². The van der Waals surface area contributed by atoms with Crippen molar-refractivity contribution in [3.8, 4) is 5.88 Å². The molecular weight excluding hydrogens is 423 g/mol. The second-order valence-corrected chi connectivity index (χ2v) is 7.46. The Labute approximate surface area is 177 Å². The predicted octanol–water partition coefficient (Wildman–Crippen LogP) is 1.52. The van der Waals surface area contributed by atoms with Crippen LogP contribution in [0.5, 0.6) is 5.88 Å². The number of carboxylic acid groups (broad SMARTS) is 1. The normalized spacial score (nSPS) is 23.0. The van der Waals surface area contributed by atoms with E-state index in [2.05, 4.69) is 20.2 Å². The molecule has 1 spiro atoms. The van der Waals surface area contributed by atoms with Crippen LogP contribution in [0.1, 0.15) is 19.3 Å². The highest BCUT2D eigenvalue weighted by Crippen LogP contribution is 2.36. The highest BCUT2D eigenvalue weighted by atomic mass is 19.4. The number of hydrogen-bond acceptors (Lipinski definition) is 7. The fraction of sp³-hybridized carbons (Fsp3) is 0.667. The summed E-state index contributed by atoms with van der Waals surface area (Å²) in [6, 6.07) is 1.94. The molecule has 13 heteroatoms. The maximum Gasteiger partial charge on any atom is 0.490 e. The van der Waals surface area contributed by atoms with Crippen molar-refractivity contribution < 1.29 is 37.3 Å². The maximum absolute atomic E-state index is 11.9. The minimum Gasteiger partial charge on any atom is -0.481 e. The largest absolute Gasteiger partial charge is 0.490 e. The van der Waals surface area contributed by atoms with E-state index >= 15 is 0 Å². The topological polar surface area (TPSA) is 117 Å². The van der Waals surface area contributed by atoms with E-state index in [9.17, 15) is 18.0 Å². The van der Waals surface area contributed by atoms with Crippen LogP contribution >= 0.6 is 0 Å². The Morgan fingerprint density at radius 2 is 2.06 bits per heavy atom. The van der Waals surface area contributed by atoms with Gasteiger partial charge in [-0.3, -0.25) is 0 Å². The molecule has 3 heterocycles. The first-order valence-corrected chi connectivity index (χ1v) is 9.48. The number of aliphatic carboxylic acids is 1. The van der Waals surface area contributed by atoms with E-state index in [1.54, 1.807) is 26.1 Å². The summed E-state index contributed by atoms with van der Waals surface area (Å²) < 4.78 is 43.0. The average Bonchev–Trinajstić information content (AvgIpc) is 3.10. The second-order valence-electron chi connectivity index (χ2n) is 7.46. The van der Waals surface area contributed by atoms with E-state index in [-0.39, 0.29) is 17.7 Å². The highest BCUT2D eigenvalue weighted by Gasteiger charge is 2.44. The van der Waals surface area contributed by atoms with Crippen LogP contribution in [0.3, 0.4) is 0 Å². The van der Waals surface area contributed by atoms with Crippen LogP contribution < -0.4 is 15.0 Å². The molecule has 1 aromatic heterocycles. The second kappa shape index (κ2) is 9.98. The molecule has 0 radical (unpaired) electrons. The van der Waals surface area contributed by atoms with E-state index < -0.39 is 12.1 Å². The zero-order chi connectivity index (χ0) is 23.2. The molecule has 2 aliphatic heterocycles. The Hall–Kier alpha value is -2.83. The standard InChI is InChI=1S/C16H25N5O3.C2HF3O2/c1-20(2)15(22)19-12-4-7-24-16(9-12)5-6-21(10-16)13-8-14(23-3)18-11-17-13;3-2(4,5)1(6)7/h8,11-12H,4-7,9-10H2,1-3H3,(H,19,22);(H,6,7)/t12-,16+;/m0./s1. The molecule has 10 nitrogen and oxygen atoms in total. The monoisotopic (exact) mass is 449 g/mol. The molecule has 0 saturated carbocycles. The van der Waals surface area contributed by atoms with Crippen LogP contribution in [0.25, 0.3) is 0 Å². The van der Waals surface area contributed by atoms with Crippen molar-refractivity contribution >= 4 is 17.8 Å². The summed E-state index contributed by atoms with van der Waals surface area (Å²) in [6.45, 7) is 2.30. The number of rotatable bonds is 3. The zero-order valence-electron chi connectivity index (χ0n) is 17.5. The lowest BCUT2D eigenvalue weighted by atomic mass is 9.89. The Morgan fingerprint density at radius 1 is 1.39 bits per heavy atom. The van der Waals surface area contributed by atoms with Crippen molar-refractivity contribution in [2.24, 2.45) is 0 Å². The first kappa shape index (κ1) is 24.4. The average molecular weight is 449 g/mol. The SMILES string of the molecule is COc1cc(N2CC[C@@]3(C[C@@H](NC(=O)N(C)C)CCO3)C2)ncn1.O=C(O)C(F)(F)F. The van der Waals surface area contributed by atoms with Gasteiger partial charge in [0.15, 0.2) is 0 Å². The summed E-state index contributed by atoms with van der Waals surface area (Å²) in [7, 11) is 5.11. The van der Waals surface area contributed by atoms with Crippen molar-refractivity contribution in [2.45, 2.75) is 37.1 Å². The summed E-state index contributed by atoms with van der Waals surface area (Å²) in [5, 5.41) is 10.2. The lowest BCUT2D eigenvalue weighted by molar-refractivity contribution is -0.192. The number of aromatic nitrogens is 2. The Balaban J connectivity index is 0.000000423. The fourth-order valence-electron chi connectivity index (χ4n) is 3.39. The molecule has 2 saturated heterocycles. The molecule has 174 valence electrons. The van der Waals surface area contributed by atoms with Gasteiger partial charge in [0.25, 0.3) is 0 Å². The van der Waals surface area contributed by atoms with E-state index in [4.69, 9.17) is 19.4 Å². The summed E-state index contributed by atoms with van der Waals surface area (Å²) in [5.41, 5.74) is -0.222. The fourth-order valence-corrected chi connectivity index (χ4v) is 3.39. The number of carboxylic acids is 1. The maximum atomic E-state index is 11.9. The minimum absolute atomic E-state index is 0.0487. The molecule has 2 atom stereocenters. The van der Waals surface area contributed by atoms with Crippen molar-refractivity contribution in [3.63, 3.8) is 0 Å². The molecule has 31 heavy (non-hydrogen) atoms. The van der Waals surface area contributed by atoms with Gasteiger partial charge >= 0.3 is 18.2 Å². The van der Waals surface area contributed by atoms with Crippen LogP contribution in [0.4, 0.5) is 23.8 Å². The van der Waals surface area contributed by atoms with E-state index in [1.165, 1.54) is 6.33 Å². The van der Waals surface area contributed by atoms with Gasteiger partial charge in [-0.2, -0.15) is 13.2 Å². The van der Waals surface area contributed by atoms with Crippen LogP contribution in [-0.4, -0.2) is 90.7 Å². The number of nitrogens with zero attached hydrogens (tertiary/aromatic N) is 4. The Kier molecular flexibility index (Phi) is 7.87. The quantitative estimate of drug-likeness (QED) is 0.714. The van der Waals surface area contributed by atoms with E-state index in [1.807, 2.05) is 6.07 Å². The third-order valence-electron chi connectivity index (χ3n) is 4.95. The molecule has 0 bridgehead atoms. The van der Waals surface area contributed by atoms with Crippen LogP contribution in [0, 0.1) is 0 Å². The molecule has 2 aliphatic rings. The van der Waals surface area contributed by atoms with Crippen LogP contribution in [-0.2, 0) is 9.53 Å². The third kappa shape index (κ3) is 6.84. The molecule has 2 fully saturated rings. The van der Waals surface area contributed by atoms with Gasteiger partial charge in [-0.05, 0) is 19.3 Å². The van der Waals surface area contributed by atoms with Gasteiger partial charge in [-0.15, -0.1) is 0 Å². The number of alkyl halides is 3. The van der Waals surface area contributed by atoms with Gasteiger partial charge in [0.1, 0.15) is 12.1 Å². The number of methoxy groups -OCH3 is 1. The lowest BCUT2D eigenvalue weighted by Gasteiger charge is -2.38. The van der Waals surface area contributed by atoms with Crippen LogP contribution in [0.2, 0.25) is 0 Å². The van der Waals surface area contributed by atoms with Gasteiger partial charge in [0.2, 0.25) is 5.88 Å². The highest BCUT2D eigenvalue weighted by molar-refractivity contribution is 5.74. The van der Waals surface area contributed by atoms with Gasteiger partial charge in [-0.1, -0.05) is 0 Å². The first-order valence-electron chi connectivity index (χ1n) is 9.48. The Bertz CT molecular complexity index is 779. The number of carbonyl (C=O) groups excluding carboxylic acids is 1. The molecule has 1 aromatic rings. The number of urea groups is 1. The number of carbonyl (C=O) groups is 2. The predicted molar refractivity (Wildman–Crippen MR) is 103 cm³/mol. The van der Waals surface area contributed by atoms with E-state index in [0.717, 1.165) is 38.2 Å². The number of ether oxygens (including phenoxy) is 2. The number of anilines is 1. The summed E-state index contributed by atoms with van der Waals surface area (Å²) in [5.74, 6) is -1.35. The number of hydrogen-bond donors (Lipinski definition) is 2. The van der Waals surface area contributed by atoms with Gasteiger partial charge in [0.05, 0.1) is 12.7 Å². The number of nitrogens with one attached hydrogen (secondary N) is 1. The summed E-state index contributed by atoms with van der Waals surface area (Å²) in [6.07, 6.45) is -0.970. The van der Waals surface area contributed by atoms with Crippen molar-refractivity contribution in [1.29, 1.82) is 0 Å². The lowest BCUT2D eigenvalue weighted by Crippen LogP contribution is -2.51.